The van der Waals surface area contributed by atoms with Crippen LogP contribution in [0.5, 0.6) is 0 Å². The third-order valence-corrected chi connectivity index (χ3v) is 4.77. The fourth-order valence-corrected chi connectivity index (χ4v) is 3.49. The Balaban J connectivity index is 1.56. The van der Waals surface area contributed by atoms with Gasteiger partial charge in [0.25, 0.3) is 11.5 Å². The third kappa shape index (κ3) is 2.68. The summed E-state index contributed by atoms with van der Waals surface area (Å²) in [5, 5.41) is 4.95. The van der Waals surface area contributed by atoms with E-state index in [4.69, 9.17) is 0 Å². The SMILES string of the molecule is O=C(NCc1nc2ccccc2s1)c1cc2ccccc2c(=O)[nH]1. The number of pyridine rings is 1. The second kappa shape index (κ2) is 5.90. The third-order valence-electron chi connectivity index (χ3n) is 3.74. The molecule has 2 heterocycles. The molecule has 24 heavy (non-hydrogen) atoms. The Morgan fingerprint density at radius 3 is 2.79 bits per heavy atom. The van der Waals surface area contributed by atoms with Crippen molar-refractivity contribution in [1.29, 1.82) is 0 Å². The van der Waals surface area contributed by atoms with E-state index in [-0.39, 0.29) is 17.2 Å². The van der Waals surface area contributed by atoms with E-state index in [9.17, 15) is 9.59 Å². The van der Waals surface area contributed by atoms with Crippen molar-refractivity contribution in [3.63, 3.8) is 0 Å². The number of nitrogens with zero attached hydrogens (tertiary/aromatic N) is 1. The van der Waals surface area contributed by atoms with Gasteiger partial charge >= 0.3 is 0 Å². The number of para-hydroxylation sites is 1. The first kappa shape index (κ1) is 14.6. The van der Waals surface area contributed by atoms with Crippen LogP contribution in [0.3, 0.4) is 0 Å². The first-order valence-electron chi connectivity index (χ1n) is 7.45. The van der Waals surface area contributed by atoms with Crippen LogP contribution in [0.2, 0.25) is 0 Å². The van der Waals surface area contributed by atoms with Crippen LogP contribution in [0.4, 0.5) is 0 Å². The number of hydrogen-bond donors (Lipinski definition) is 2. The minimum atomic E-state index is -0.322. The molecule has 0 bridgehead atoms. The number of amides is 1. The highest BCUT2D eigenvalue weighted by Gasteiger charge is 2.10. The number of rotatable bonds is 3. The molecule has 2 aromatic carbocycles. The number of carbonyl (C=O) groups is 1. The van der Waals surface area contributed by atoms with Gasteiger partial charge in [0.1, 0.15) is 10.7 Å². The number of benzene rings is 2. The van der Waals surface area contributed by atoms with Crippen LogP contribution in [-0.2, 0) is 6.54 Å². The lowest BCUT2D eigenvalue weighted by molar-refractivity contribution is 0.0946. The molecule has 6 heteroatoms. The zero-order valence-electron chi connectivity index (χ0n) is 12.6. The summed E-state index contributed by atoms with van der Waals surface area (Å²) < 4.78 is 1.08. The summed E-state index contributed by atoms with van der Waals surface area (Å²) in [6.45, 7) is 0.326. The number of nitrogens with one attached hydrogen (secondary N) is 2. The van der Waals surface area contributed by atoms with E-state index in [1.807, 2.05) is 36.4 Å². The second-order valence-corrected chi connectivity index (χ2v) is 6.47. The van der Waals surface area contributed by atoms with E-state index in [0.717, 1.165) is 20.6 Å². The van der Waals surface area contributed by atoms with Gasteiger partial charge in [-0.15, -0.1) is 11.3 Å². The zero-order chi connectivity index (χ0) is 16.5. The number of aromatic amines is 1. The first-order chi connectivity index (χ1) is 11.7. The maximum absolute atomic E-state index is 12.3. The number of H-pyrrole nitrogens is 1. The summed E-state index contributed by atoms with van der Waals surface area (Å²) in [5.74, 6) is -0.322. The monoisotopic (exact) mass is 335 g/mol. The van der Waals surface area contributed by atoms with E-state index >= 15 is 0 Å². The Morgan fingerprint density at radius 1 is 1.12 bits per heavy atom. The summed E-state index contributed by atoms with van der Waals surface area (Å²) in [4.78, 5) is 31.5. The van der Waals surface area contributed by atoms with E-state index in [2.05, 4.69) is 15.3 Å². The Bertz CT molecular complexity index is 1080. The van der Waals surface area contributed by atoms with E-state index in [1.165, 1.54) is 0 Å². The molecule has 0 unspecified atom stereocenters. The molecule has 4 aromatic rings. The summed E-state index contributed by atoms with van der Waals surface area (Å²) in [7, 11) is 0. The Hall–Kier alpha value is -2.99. The van der Waals surface area contributed by atoms with Gasteiger partial charge in [-0.2, -0.15) is 0 Å². The van der Waals surface area contributed by atoms with Gasteiger partial charge in [-0.1, -0.05) is 30.3 Å². The van der Waals surface area contributed by atoms with Gasteiger partial charge in [0.2, 0.25) is 0 Å². The molecule has 0 aliphatic heterocycles. The minimum absolute atomic E-state index is 0.250. The quantitative estimate of drug-likeness (QED) is 0.604. The van der Waals surface area contributed by atoms with Crippen LogP contribution in [0.15, 0.2) is 59.4 Å². The molecule has 2 N–H and O–H groups in total. The molecule has 0 aliphatic carbocycles. The molecule has 5 nitrogen and oxygen atoms in total. The normalized spacial score (nSPS) is 11.0. The molecule has 0 spiro atoms. The molecular formula is C18H13N3O2S. The smallest absolute Gasteiger partial charge is 0.268 e. The van der Waals surface area contributed by atoms with Crippen LogP contribution >= 0.6 is 11.3 Å². The minimum Gasteiger partial charge on any atom is -0.344 e. The van der Waals surface area contributed by atoms with Gasteiger partial charge in [0.05, 0.1) is 16.8 Å². The summed E-state index contributed by atoms with van der Waals surface area (Å²) in [5.41, 5.74) is 0.906. The molecule has 0 fully saturated rings. The zero-order valence-corrected chi connectivity index (χ0v) is 13.4. The first-order valence-corrected chi connectivity index (χ1v) is 8.27. The van der Waals surface area contributed by atoms with Crippen molar-refractivity contribution >= 4 is 38.2 Å². The number of thiazole rings is 1. The van der Waals surface area contributed by atoms with Crippen molar-refractivity contribution in [2.75, 3.05) is 0 Å². The van der Waals surface area contributed by atoms with Crippen LogP contribution in [0, 0.1) is 0 Å². The second-order valence-electron chi connectivity index (χ2n) is 5.36. The molecular weight excluding hydrogens is 322 g/mol. The number of carbonyl (C=O) groups excluding carboxylic acids is 1. The van der Waals surface area contributed by atoms with Crippen LogP contribution in [0.1, 0.15) is 15.5 Å². The van der Waals surface area contributed by atoms with Gasteiger partial charge in [0.15, 0.2) is 0 Å². The fraction of sp³-hybridized carbons (Fsp3) is 0.0556. The van der Waals surface area contributed by atoms with Gasteiger partial charge < -0.3 is 10.3 Å². The van der Waals surface area contributed by atoms with Crippen LogP contribution in [0.25, 0.3) is 21.0 Å². The topological polar surface area (TPSA) is 74.8 Å². The van der Waals surface area contributed by atoms with E-state index in [0.29, 0.717) is 11.9 Å². The fourth-order valence-electron chi connectivity index (χ4n) is 2.58. The maximum atomic E-state index is 12.3. The van der Waals surface area contributed by atoms with Crippen molar-refractivity contribution in [2.24, 2.45) is 0 Å². The largest absolute Gasteiger partial charge is 0.344 e. The van der Waals surface area contributed by atoms with Crippen molar-refractivity contribution in [3.8, 4) is 0 Å². The summed E-state index contributed by atoms with van der Waals surface area (Å²) >= 11 is 1.54. The molecule has 0 aliphatic rings. The van der Waals surface area contributed by atoms with Crippen molar-refractivity contribution in [1.82, 2.24) is 15.3 Å². The average molecular weight is 335 g/mol. The molecule has 4 rings (SSSR count). The van der Waals surface area contributed by atoms with Gasteiger partial charge in [0, 0.05) is 5.39 Å². The molecule has 118 valence electrons. The maximum Gasteiger partial charge on any atom is 0.268 e. The van der Waals surface area contributed by atoms with Crippen LogP contribution < -0.4 is 10.9 Å². The number of aromatic nitrogens is 2. The Kier molecular flexibility index (Phi) is 3.59. The highest BCUT2D eigenvalue weighted by atomic mass is 32.1. The lowest BCUT2D eigenvalue weighted by atomic mass is 10.1. The Morgan fingerprint density at radius 2 is 1.92 bits per heavy atom. The van der Waals surface area contributed by atoms with Gasteiger partial charge in [-0.05, 0) is 29.7 Å². The molecule has 0 saturated carbocycles. The molecule has 0 saturated heterocycles. The van der Waals surface area contributed by atoms with Crippen molar-refractivity contribution in [3.05, 3.63) is 75.7 Å². The van der Waals surface area contributed by atoms with E-state index in [1.54, 1.807) is 29.5 Å². The predicted molar refractivity (Wildman–Crippen MR) is 95.4 cm³/mol. The lowest BCUT2D eigenvalue weighted by Crippen LogP contribution is -2.26. The molecule has 2 aromatic heterocycles. The highest BCUT2D eigenvalue weighted by molar-refractivity contribution is 7.18. The highest BCUT2D eigenvalue weighted by Crippen LogP contribution is 2.21. The summed E-state index contributed by atoms with van der Waals surface area (Å²) in [6.07, 6.45) is 0. The van der Waals surface area contributed by atoms with E-state index < -0.39 is 0 Å². The van der Waals surface area contributed by atoms with Crippen molar-refractivity contribution < 1.29 is 4.79 Å². The molecule has 1 amide bonds. The molecule has 0 atom stereocenters. The number of hydrogen-bond acceptors (Lipinski definition) is 4. The lowest BCUT2D eigenvalue weighted by Gasteiger charge is -2.04. The molecule has 0 radical (unpaired) electrons. The standard InChI is InChI=1S/C18H13N3O2S/c22-17-12-6-2-1-5-11(12)9-14(21-17)18(23)19-10-16-20-13-7-3-4-8-15(13)24-16/h1-9H,10H2,(H,19,23)(H,21,22). The van der Waals surface area contributed by atoms with Crippen LogP contribution in [-0.4, -0.2) is 15.9 Å². The van der Waals surface area contributed by atoms with Gasteiger partial charge in [-0.25, -0.2) is 4.98 Å². The Labute approximate surface area is 141 Å². The van der Waals surface area contributed by atoms with Crippen molar-refractivity contribution in [2.45, 2.75) is 6.54 Å². The van der Waals surface area contributed by atoms with Gasteiger partial charge in [-0.3, -0.25) is 9.59 Å². The number of fused-ring (bicyclic) bond motifs is 2. The average Bonchev–Trinajstić information content (AvgIpc) is 3.02. The predicted octanol–water partition coefficient (Wildman–Crippen LogP) is 3.07. The summed E-state index contributed by atoms with van der Waals surface area (Å²) in [6, 6.07) is 16.7.